The van der Waals surface area contributed by atoms with Gasteiger partial charge < -0.3 is 9.73 Å². The summed E-state index contributed by atoms with van der Waals surface area (Å²) in [5.74, 6) is 0.538. The quantitative estimate of drug-likeness (QED) is 0.893. The van der Waals surface area contributed by atoms with Crippen molar-refractivity contribution in [1.82, 2.24) is 5.32 Å². The lowest BCUT2D eigenvalue weighted by atomic mass is 10.2. The Labute approximate surface area is 104 Å². The van der Waals surface area contributed by atoms with Gasteiger partial charge in [0, 0.05) is 17.1 Å². The van der Waals surface area contributed by atoms with Crippen LogP contribution in [0.2, 0.25) is 5.02 Å². The highest BCUT2D eigenvalue weighted by Crippen LogP contribution is 2.17. The molecule has 2 aromatic rings. The minimum atomic E-state index is -0.295. The molecular weight excluding hydrogens is 241 g/mol. The molecule has 0 spiro atoms. The summed E-state index contributed by atoms with van der Waals surface area (Å²) in [6.45, 7) is 2.40. The average Bonchev–Trinajstić information content (AvgIpc) is 2.81. The molecule has 0 aliphatic heterocycles. The normalized spacial score (nSPS) is 12.6. The first-order chi connectivity index (χ1) is 8.16. The second-order valence-electron chi connectivity index (χ2n) is 3.85. The predicted molar refractivity (Wildman–Crippen MR) is 65.4 cm³/mol. The van der Waals surface area contributed by atoms with E-state index in [1.807, 2.05) is 19.1 Å². The molecule has 0 amide bonds. The smallest absolute Gasteiger partial charge is 0.129 e. The topological polar surface area (TPSA) is 25.2 Å². The van der Waals surface area contributed by atoms with Gasteiger partial charge in [0.1, 0.15) is 11.6 Å². The molecule has 1 aromatic heterocycles. The van der Waals surface area contributed by atoms with Gasteiger partial charge in [-0.2, -0.15) is 0 Å². The van der Waals surface area contributed by atoms with E-state index in [2.05, 4.69) is 5.32 Å². The van der Waals surface area contributed by atoms with Crippen LogP contribution in [-0.2, 0) is 6.54 Å². The second kappa shape index (κ2) is 5.34. The third-order valence-electron chi connectivity index (χ3n) is 2.58. The van der Waals surface area contributed by atoms with Gasteiger partial charge in [-0.15, -0.1) is 0 Å². The number of hydrogen-bond acceptors (Lipinski definition) is 2. The summed E-state index contributed by atoms with van der Waals surface area (Å²) in [6, 6.07) is 8.43. The molecule has 4 heteroatoms. The van der Waals surface area contributed by atoms with Crippen LogP contribution in [0.4, 0.5) is 4.39 Å². The minimum absolute atomic E-state index is 0.0417. The molecule has 0 aliphatic carbocycles. The van der Waals surface area contributed by atoms with Gasteiger partial charge in [-0.3, -0.25) is 0 Å². The van der Waals surface area contributed by atoms with E-state index in [9.17, 15) is 4.39 Å². The molecule has 0 bridgehead atoms. The maximum atomic E-state index is 13.5. The monoisotopic (exact) mass is 253 g/mol. The van der Waals surface area contributed by atoms with Crippen LogP contribution in [0.1, 0.15) is 24.3 Å². The zero-order chi connectivity index (χ0) is 12.3. The molecular formula is C13H13ClFNO. The molecule has 2 nitrogen and oxygen atoms in total. The lowest BCUT2D eigenvalue weighted by Crippen LogP contribution is -2.18. The predicted octanol–water partition coefficient (Wildman–Crippen LogP) is 3.92. The van der Waals surface area contributed by atoms with Crippen molar-refractivity contribution in [1.29, 1.82) is 0 Å². The van der Waals surface area contributed by atoms with Crippen LogP contribution in [0, 0.1) is 5.82 Å². The van der Waals surface area contributed by atoms with Crippen molar-refractivity contribution >= 4 is 11.6 Å². The zero-order valence-corrected chi connectivity index (χ0v) is 10.2. The molecule has 1 heterocycles. The minimum Gasteiger partial charge on any atom is -0.468 e. The maximum absolute atomic E-state index is 13.5. The van der Waals surface area contributed by atoms with Gasteiger partial charge >= 0.3 is 0 Å². The highest BCUT2D eigenvalue weighted by molar-refractivity contribution is 6.30. The van der Waals surface area contributed by atoms with E-state index in [-0.39, 0.29) is 11.9 Å². The van der Waals surface area contributed by atoms with Gasteiger partial charge in [-0.25, -0.2) is 4.39 Å². The molecule has 0 aliphatic rings. The van der Waals surface area contributed by atoms with Gasteiger partial charge in [0.2, 0.25) is 0 Å². The van der Waals surface area contributed by atoms with Crippen LogP contribution in [0.5, 0.6) is 0 Å². The Bertz CT molecular complexity index is 484. The second-order valence-corrected chi connectivity index (χ2v) is 4.29. The molecule has 0 unspecified atom stereocenters. The molecule has 17 heavy (non-hydrogen) atoms. The van der Waals surface area contributed by atoms with Gasteiger partial charge in [-0.1, -0.05) is 17.7 Å². The van der Waals surface area contributed by atoms with Crippen molar-refractivity contribution in [2.45, 2.75) is 19.5 Å². The van der Waals surface area contributed by atoms with E-state index in [0.29, 0.717) is 17.1 Å². The van der Waals surface area contributed by atoms with Gasteiger partial charge in [0.05, 0.1) is 12.3 Å². The number of nitrogens with one attached hydrogen (secondary N) is 1. The zero-order valence-electron chi connectivity index (χ0n) is 9.41. The fourth-order valence-electron chi connectivity index (χ4n) is 1.57. The molecule has 1 N–H and O–H groups in total. The Hall–Kier alpha value is -1.32. The van der Waals surface area contributed by atoms with Crippen LogP contribution < -0.4 is 5.32 Å². The summed E-state index contributed by atoms with van der Waals surface area (Å²) in [4.78, 5) is 0. The third kappa shape index (κ3) is 3.08. The van der Waals surface area contributed by atoms with E-state index in [0.717, 1.165) is 5.76 Å². The first-order valence-electron chi connectivity index (χ1n) is 5.37. The summed E-state index contributed by atoms with van der Waals surface area (Å²) >= 11 is 5.69. The molecule has 0 saturated carbocycles. The first kappa shape index (κ1) is 12.1. The molecule has 0 radical (unpaired) electrons. The number of furan rings is 1. The Morgan fingerprint density at radius 1 is 1.41 bits per heavy atom. The summed E-state index contributed by atoms with van der Waals surface area (Å²) in [5, 5.41) is 3.59. The van der Waals surface area contributed by atoms with Crippen molar-refractivity contribution in [3.8, 4) is 0 Å². The number of hydrogen-bond donors (Lipinski definition) is 1. The SMILES string of the molecule is C[C@@H](NCc1ccc(Cl)cc1F)c1ccco1. The number of halogens is 2. The molecule has 90 valence electrons. The highest BCUT2D eigenvalue weighted by Gasteiger charge is 2.09. The summed E-state index contributed by atoms with van der Waals surface area (Å²) in [6.07, 6.45) is 1.62. The Balaban J connectivity index is 1.98. The van der Waals surface area contributed by atoms with Crippen molar-refractivity contribution < 1.29 is 8.81 Å². The van der Waals surface area contributed by atoms with Crippen LogP contribution in [0.15, 0.2) is 41.0 Å². The Morgan fingerprint density at radius 2 is 2.24 bits per heavy atom. The van der Waals surface area contributed by atoms with E-state index in [4.69, 9.17) is 16.0 Å². The summed E-state index contributed by atoms with van der Waals surface area (Å²) < 4.78 is 18.8. The van der Waals surface area contributed by atoms with E-state index in [1.54, 1.807) is 18.4 Å². The maximum Gasteiger partial charge on any atom is 0.129 e. The van der Waals surface area contributed by atoms with Crippen molar-refractivity contribution in [3.05, 3.63) is 58.8 Å². The van der Waals surface area contributed by atoms with Crippen LogP contribution in [0.25, 0.3) is 0 Å². The Kier molecular flexibility index (Phi) is 3.82. The molecule has 0 fully saturated rings. The average molecular weight is 254 g/mol. The van der Waals surface area contributed by atoms with Crippen molar-refractivity contribution in [2.24, 2.45) is 0 Å². The lowest BCUT2D eigenvalue weighted by Gasteiger charge is -2.11. The molecule has 0 saturated heterocycles. The summed E-state index contributed by atoms with van der Waals surface area (Å²) in [5.41, 5.74) is 0.591. The number of rotatable bonds is 4. The van der Waals surface area contributed by atoms with E-state index >= 15 is 0 Å². The van der Waals surface area contributed by atoms with Crippen LogP contribution in [0.3, 0.4) is 0 Å². The Morgan fingerprint density at radius 3 is 2.88 bits per heavy atom. The largest absolute Gasteiger partial charge is 0.468 e. The standard InChI is InChI=1S/C13H13ClFNO/c1-9(13-3-2-6-17-13)16-8-10-4-5-11(14)7-12(10)15/h2-7,9,16H,8H2,1H3/t9-/m1/s1. The lowest BCUT2D eigenvalue weighted by molar-refractivity contribution is 0.427. The molecule has 1 aromatic carbocycles. The van der Waals surface area contributed by atoms with Crippen molar-refractivity contribution in [2.75, 3.05) is 0 Å². The van der Waals surface area contributed by atoms with Crippen LogP contribution in [-0.4, -0.2) is 0 Å². The van der Waals surface area contributed by atoms with Gasteiger partial charge in [-0.05, 0) is 31.2 Å². The summed E-state index contributed by atoms with van der Waals surface area (Å²) in [7, 11) is 0. The molecule has 2 rings (SSSR count). The third-order valence-corrected chi connectivity index (χ3v) is 2.82. The first-order valence-corrected chi connectivity index (χ1v) is 5.75. The number of benzene rings is 1. The molecule has 1 atom stereocenters. The van der Waals surface area contributed by atoms with Crippen LogP contribution >= 0.6 is 11.6 Å². The van der Waals surface area contributed by atoms with Crippen molar-refractivity contribution in [3.63, 3.8) is 0 Å². The van der Waals surface area contributed by atoms with Gasteiger partial charge in [0.15, 0.2) is 0 Å². The highest BCUT2D eigenvalue weighted by atomic mass is 35.5. The fourth-order valence-corrected chi connectivity index (χ4v) is 1.73. The van der Waals surface area contributed by atoms with E-state index in [1.165, 1.54) is 6.07 Å². The van der Waals surface area contributed by atoms with E-state index < -0.39 is 0 Å². The van der Waals surface area contributed by atoms with Gasteiger partial charge in [0.25, 0.3) is 0 Å². The fraction of sp³-hybridized carbons (Fsp3) is 0.231.